The van der Waals surface area contributed by atoms with E-state index in [1.807, 2.05) is 6.92 Å². The maximum atomic E-state index is 12.5. The molecule has 0 saturated heterocycles. The van der Waals surface area contributed by atoms with E-state index in [-0.39, 0.29) is 10.9 Å². The van der Waals surface area contributed by atoms with Gasteiger partial charge in [-0.1, -0.05) is 24.9 Å². The number of hydrogen-bond donors (Lipinski definition) is 2. The van der Waals surface area contributed by atoms with E-state index < -0.39 is 10.0 Å². The summed E-state index contributed by atoms with van der Waals surface area (Å²) in [5.74, 6) is 0.354. The topological polar surface area (TPSA) is 67.4 Å². The number of halogens is 1. The molecule has 2 rings (SSSR count). The fourth-order valence-electron chi connectivity index (χ4n) is 2.25. The number of sulfonamides is 1. The third kappa shape index (κ3) is 3.88. The summed E-state index contributed by atoms with van der Waals surface area (Å²) in [5.41, 5.74) is 0.737. The van der Waals surface area contributed by atoms with E-state index in [0.29, 0.717) is 17.3 Å². The molecule has 0 spiro atoms. The number of methoxy groups -OCH3 is 1. The van der Waals surface area contributed by atoms with Crippen molar-refractivity contribution in [3.8, 4) is 5.75 Å². The summed E-state index contributed by atoms with van der Waals surface area (Å²) in [6.07, 6.45) is 2.82. The molecule has 0 bridgehead atoms. The lowest BCUT2D eigenvalue weighted by atomic mass is 9.94. The molecule has 1 aromatic rings. The molecule has 1 aromatic carbocycles. The largest absolute Gasteiger partial charge is 0.495 e. The Labute approximate surface area is 131 Å². The summed E-state index contributed by atoms with van der Waals surface area (Å²) < 4.78 is 33.1. The smallest absolute Gasteiger partial charge is 0.244 e. The molecule has 118 valence electrons. The molecule has 0 aromatic heterocycles. The molecule has 0 amide bonds. The van der Waals surface area contributed by atoms with Crippen LogP contribution in [0.15, 0.2) is 17.0 Å². The average molecular weight is 333 g/mol. The van der Waals surface area contributed by atoms with Crippen LogP contribution in [0.4, 0.5) is 0 Å². The highest BCUT2D eigenvalue weighted by Gasteiger charge is 2.28. The summed E-state index contributed by atoms with van der Waals surface area (Å²) >= 11 is 6.07. The number of nitrogens with one attached hydrogen (secondary N) is 2. The van der Waals surface area contributed by atoms with E-state index in [0.717, 1.165) is 31.4 Å². The Bertz CT molecular complexity index is 600. The molecule has 1 aliphatic rings. The van der Waals surface area contributed by atoms with E-state index in [2.05, 4.69) is 10.0 Å². The van der Waals surface area contributed by atoms with Crippen molar-refractivity contribution in [3.63, 3.8) is 0 Å². The van der Waals surface area contributed by atoms with Gasteiger partial charge in [-0.05, 0) is 31.5 Å². The summed E-state index contributed by atoms with van der Waals surface area (Å²) in [5, 5.41) is 3.54. The first-order valence-electron chi connectivity index (χ1n) is 7.07. The maximum Gasteiger partial charge on any atom is 0.244 e. The Morgan fingerprint density at radius 2 is 2.10 bits per heavy atom. The van der Waals surface area contributed by atoms with Gasteiger partial charge in [0.15, 0.2) is 0 Å². The van der Waals surface area contributed by atoms with Crippen LogP contribution in [0.3, 0.4) is 0 Å². The SMILES string of the molecule is CCNCc1cc(Cl)cc(S(=O)(=O)NC2CCC2)c1OC. The van der Waals surface area contributed by atoms with Crippen LogP contribution in [0.2, 0.25) is 5.02 Å². The number of ether oxygens (including phenoxy) is 1. The van der Waals surface area contributed by atoms with Gasteiger partial charge in [-0.15, -0.1) is 0 Å². The van der Waals surface area contributed by atoms with Crippen molar-refractivity contribution in [2.75, 3.05) is 13.7 Å². The van der Waals surface area contributed by atoms with Crippen LogP contribution in [0.25, 0.3) is 0 Å². The predicted molar refractivity (Wildman–Crippen MR) is 83.3 cm³/mol. The first-order chi connectivity index (χ1) is 9.97. The van der Waals surface area contributed by atoms with Crippen LogP contribution in [0.1, 0.15) is 31.7 Å². The number of benzene rings is 1. The highest BCUT2D eigenvalue weighted by Crippen LogP contribution is 2.33. The van der Waals surface area contributed by atoms with Crippen LogP contribution in [-0.4, -0.2) is 28.1 Å². The van der Waals surface area contributed by atoms with Gasteiger partial charge in [-0.25, -0.2) is 13.1 Å². The Hall–Kier alpha value is -0.820. The van der Waals surface area contributed by atoms with E-state index in [1.54, 1.807) is 6.07 Å². The van der Waals surface area contributed by atoms with E-state index in [4.69, 9.17) is 16.3 Å². The Kier molecular flexibility index (Phi) is 5.48. The first-order valence-corrected chi connectivity index (χ1v) is 8.93. The molecule has 7 heteroatoms. The maximum absolute atomic E-state index is 12.5. The molecule has 5 nitrogen and oxygen atoms in total. The van der Waals surface area contributed by atoms with Gasteiger partial charge in [-0.3, -0.25) is 0 Å². The van der Waals surface area contributed by atoms with Gasteiger partial charge >= 0.3 is 0 Å². The molecule has 2 N–H and O–H groups in total. The lowest BCUT2D eigenvalue weighted by molar-refractivity contribution is 0.378. The molecule has 0 radical (unpaired) electrons. The van der Waals surface area contributed by atoms with Crippen molar-refractivity contribution in [3.05, 3.63) is 22.7 Å². The number of hydrogen-bond acceptors (Lipinski definition) is 4. The third-order valence-electron chi connectivity index (χ3n) is 3.58. The highest BCUT2D eigenvalue weighted by atomic mass is 35.5. The van der Waals surface area contributed by atoms with Crippen molar-refractivity contribution < 1.29 is 13.2 Å². The summed E-state index contributed by atoms with van der Waals surface area (Å²) in [7, 11) is -2.15. The van der Waals surface area contributed by atoms with Gasteiger partial charge in [0.1, 0.15) is 10.6 Å². The second-order valence-corrected chi connectivity index (χ2v) is 7.24. The normalized spacial score (nSPS) is 15.8. The molecule has 1 saturated carbocycles. The molecule has 0 heterocycles. The summed E-state index contributed by atoms with van der Waals surface area (Å²) in [4.78, 5) is 0.109. The Balaban J connectivity index is 2.38. The fraction of sp³-hybridized carbons (Fsp3) is 0.571. The molecule has 0 atom stereocenters. The van der Waals surface area contributed by atoms with Crippen LogP contribution < -0.4 is 14.8 Å². The van der Waals surface area contributed by atoms with E-state index in [1.165, 1.54) is 13.2 Å². The zero-order valence-corrected chi connectivity index (χ0v) is 13.9. The van der Waals surface area contributed by atoms with Crippen LogP contribution in [0.5, 0.6) is 5.75 Å². The Morgan fingerprint density at radius 1 is 1.38 bits per heavy atom. The quantitative estimate of drug-likeness (QED) is 0.804. The lowest BCUT2D eigenvalue weighted by Gasteiger charge is -2.26. The Morgan fingerprint density at radius 3 is 2.62 bits per heavy atom. The first kappa shape index (κ1) is 16.5. The van der Waals surface area contributed by atoms with E-state index in [9.17, 15) is 8.42 Å². The lowest BCUT2D eigenvalue weighted by Crippen LogP contribution is -2.39. The van der Waals surface area contributed by atoms with Crippen molar-refractivity contribution in [1.29, 1.82) is 0 Å². The highest BCUT2D eigenvalue weighted by molar-refractivity contribution is 7.89. The standard InChI is InChI=1S/C14H21ClN2O3S/c1-3-16-9-10-7-11(15)8-13(14(10)20-2)21(18,19)17-12-5-4-6-12/h7-8,12,16-17H,3-6,9H2,1-2H3. The minimum atomic E-state index is -3.62. The van der Waals surface area contributed by atoms with Gasteiger partial charge in [-0.2, -0.15) is 0 Å². The fourth-order valence-corrected chi connectivity index (χ4v) is 4.10. The van der Waals surface area contributed by atoms with Crippen molar-refractivity contribution in [2.24, 2.45) is 0 Å². The van der Waals surface area contributed by atoms with Crippen molar-refractivity contribution >= 4 is 21.6 Å². The molecule has 21 heavy (non-hydrogen) atoms. The van der Waals surface area contributed by atoms with Gasteiger partial charge in [0.25, 0.3) is 0 Å². The van der Waals surface area contributed by atoms with Gasteiger partial charge in [0.05, 0.1) is 7.11 Å². The molecule has 1 aliphatic carbocycles. The van der Waals surface area contributed by atoms with Gasteiger partial charge in [0, 0.05) is 23.2 Å². The molecule has 1 fully saturated rings. The second-order valence-electron chi connectivity index (χ2n) is 5.13. The summed E-state index contributed by atoms with van der Waals surface area (Å²) in [6, 6.07) is 3.19. The van der Waals surface area contributed by atoms with Gasteiger partial charge in [0.2, 0.25) is 10.0 Å². The minimum Gasteiger partial charge on any atom is -0.495 e. The van der Waals surface area contributed by atoms with E-state index >= 15 is 0 Å². The zero-order chi connectivity index (χ0) is 15.5. The predicted octanol–water partition coefficient (Wildman–Crippen LogP) is 2.29. The average Bonchev–Trinajstić information content (AvgIpc) is 2.40. The number of rotatable bonds is 7. The van der Waals surface area contributed by atoms with Gasteiger partial charge < -0.3 is 10.1 Å². The van der Waals surface area contributed by atoms with Crippen molar-refractivity contribution in [2.45, 2.75) is 43.7 Å². The van der Waals surface area contributed by atoms with Crippen molar-refractivity contribution in [1.82, 2.24) is 10.0 Å². The second kappa shape index (κ2) is 6.96. The van der Waals surface area contributed by atoms with Crippen LogP contribution in [0, 0.1) is 0 Å². The van der Waals surface area contributed by atoms with Crippen LogP contribution in [-0.2, 0) is 16.6 Å². The minimum absolute atomic E-state index is 0.0240. The molecule has 0 unspecified atom stereocenters. The van der Waals surface area contributed by atoms with Crippen LogP contribution >= 0.6 is 11.6 Å². The summed E-state index contributed by atoms with van der Waals surface area (Å²) in [6.45, 7) is 3.26. The molecular formula is C14H21ClN2O3S. The molecular weight excluding hydrogens is 312 g/mol. The third-order valence-corrected chi connectivity index (χ3v) is 5.33. The molecule has 0 aliphatic heterocycles. The monoisotopic (exact) mass is 332 g/mol. The zero-order valence-electron chi connectivity index (χ0n) is 12.3.